The van der Waals surface area contributed by atoms with Gasteiger partial charge >= 0.3 is 6.18 Å². The SMILES string of the molecule is COc1cc(-n2nc(-c3cc(C)nc(C)c3)c3c2C[C@@H](C)OCC3)cnc1C(F)(F)F. The first-order valence-corrected chi connectivity index (χ1v) is 9.97. The van der Waals surface area contributed by atoms with Gasteiger partial charge in [0.2, 0.25) is 0 Å². The van der Waals surface area contributed by atoms with Crippen molar-refractivity contribution in [2.24, 2.45) is 0 Å². The second-order valence-corrected chi connectivity index (χ2v) is 7.70. The Morgan fingerprint density at radius 1 is 1.16 bits per heavy atom. The monoisotopic (exact) mass is 432 g/mol. The molecular weight excluding hydrogens is 409 g/mol. The number of ether oxygens (including phenoxy) is 2. The average Bonchev–Trinajstić information content (AvgIpc) is 2.92. The van der Waals surface area contributed by atoms with Crippen molar-refractivity contribution in [3.63, 3.8) is 0 Å². The highest BCUT2D eigenvalue weighted by atomic mass is 19.4. The van der Waals surface area contributed by atoms with Crippen LogP contribution in [0.5, 0.6) is 5.75 Å². The van der Waals surface area contributed by atoms with Crippen LogP contribution in [-0.4, -0.2) is 39.6 Å². The molecule has 3 aromatic heterocycles. The Kier molecular flexibility index (Phi) is 5.47. The van der Waals surface area contributed by atoms with Crippen LogP contribution in [0, 0.1) is 13.8 Å². The van der Waals surface area contributed by atoms with Gasteiger partial charge in [0, 0.05) is 35.0 Å². The molecule has 0 unspecified atom stereocenters. The zero-order chi connectivity index (χ0) is 22.3. The van der Waals surface area contributed by atoms with Crippen LogP contribution < -0.4 is 4.74 Å². The predicted octanol–water partition coefficient (Wildman–Crippen LogP) is 4.48. The predicted molar refractivity (Wildman–Crippen MR) is 108 cm³/mol. The summed E-state index contributed by atoms with van der Waals surface area (Å²) >= 11 is 0. The summed E-state index contributed by atoms with van der Waals surface area (Å²) in [5.74, 6) is -0.343. The normalized spacial score (nSPS) is 16.7. The summed E-state index contributed by atoms with van der Waals surface area (Å²) < 4.78 is 52.3. The highest BCUT2D eigenvalue weighted by Gasteiger charge is 2.37. The van der Waals surface area contributed by atoms with Crippen molar-refractivity contribution < 1.29 is 22.6 Å². The number of halogens is 3. The second-order valence-electron chi connectivity index (χ2n) is 7.70. The van der Waals surface area contributed by atoms with Crippen LogP contribution in [0.3, 0.4) is 0 Å². The van der Waals surface area contributed by atoms with Crippen molar-refractivity contribution in [2.45, 2.75) is 45.9 Å². The number of aryl methyl sites for hydroxylation is 2. The molecule has 0 N–H and O–H groups in total. The van der Waals surface area contributed by atoms with Gasteiger partial charge in [-0.1, -0.05) is 0 Å². The molecular formula is C22H23F3N4O2. The highest BCUT2D eigenvalue weighted by Crippen LogP contribution is 2.37. The van der Waals surface area contributed by atoms with Crippen LogP contribution in [-0.2, 0) is 23.8 Å². The molecule has 1 aliphatic heterocycles. The fourth-order valence-electron chi connectivity index (χ4n) is 3.99. The molecule has 9 heteroatoms. The Morgan fingerprint density at radius 2 is 1.87 bits per heavy atom. The number of aromatic nitrogens is 4. The molecule has 0 aromatic carbocycles. The van der Waals surface area contributed by atoms with Gasteiger partial charge in [-0.05, 0) is 39.3 Å². The third-order valence-corrected chi connectivity index (χ3v) is 5.25. The second kappa shape index (κ2) is 7.96. The summed E-state index contributed by atoms with van der Waals surface area (Å²) in [6.45, 7) is 6.35. The molecule has 6 nitrogen and oxygen atoms in total. The van der Waals surface area contributed by atoms with E-state index in [4.69, 9.17) is 14.6 Å². The summed E-state index contributed by atoms with van der Waals surface area (Å²) in [4.78, 5) is 8.08. The maximum atomic E-state index is 13.3. The molecule has 164 valence electrons. The Balaban J connectivity index is 1.92. The van der Waals surface area contributed by atoms with Gasteiger partial charge in [-0.2, -0.15) is 18.3 Å². The van der Waals surface area contributed by atoms with E-state index in [1.54, 1.807) is 4.68 Å². The number of nitrogens with zero attached hydrogens (tertiary/aromatic N) is 4. The number of hydrogen-bond donors (Lipinski definition) is 0. The van der Waals surface area contributed by atoms with Gasteiger partial charge in [0.25, 0.3) is 0 Å². The number of rotatable bonds is 3. The molecule has 0 amide bonds. The minimum atomic E-state index is -4.61. The molecule has 0 aliphatic carbocycles. The molecule has 0 saturated carbocycles. The van der Waals surface area contributed by atoms with Gasteiger partial charge in [-0.25, -0.2) is 9.67 Å². The van der Waals surface area contributed by atoms with E-state index in [1.807, 2.05) is 32.9 Å². The summed E-state index contributed by atoms with van der Waals surface area (Å²) in [5.41, 5.74) is 4.70. The number of pyridine rings is 2. The first-order chi connectivity index (χ1) is 14.7. The van der Waals surface area contributed by atoms with E-state index in [0.29, 0.717) is 25.1 Å². The zero-order valence-corrected chi connectivity index (χ0v) is 17.7. The number of hydrogen-bond acceptors (Lipinski definition) is 5. The standard InChI is InChI=1S/C22H23F3N4O2/c1-12-7-15(8-13(2)27-12)20-17-5-6-31-14(3)9-18(17)29(28-20)16-10-19(30-4)21(26-11-16)22(23,24)25/h7-8,10-11,14H,5-6,9H2,1-4H3/t14-/m1/s1. The first kappa shape index (κ1) is 21.3. The third kappa shape index (κ3) is 4.14. The Hall–Kier alpha value is -2.94. The maximum Gasteiger partial charge on any atom is 0.437 e. The first-order valence-electron chi connectivity index (χ1n) is 9.97. The van der Waals surface area contributed by atoms with Crippen LogP contribution >= 0.6 is 0 Å². The van der Waals surface area contributed by atoms with E-state index < -0.39 is 11.9 Å². The van der Waals surface area contributed by atoms with E-state index in [2.05, 4.69) is 9.97 Å². The van der Waals surface area contributed by atoms with E-state index in [9.17, 15) is 13.2 Å². The summed E-state index contributed by atoms with van der Waals surface area (Å²) in [5, 5.41) is 4.81. The van der Waals surface area contributed by atoms with Crippen LogP contribution in [0.1, 0.15) is 35.3 Å². The Morgan fingerprint density at radius 3 is 2.52 bits per heavy atom. The number of alkyl halides is 3. The molecule has 1 aliphatic rings. The number of methoxy groups -OCH3 is 1. The van der Waals surface area contributed by atoms with Crippen molar-refractivity contribution in [2.75, 3.05) is 13.7 Å². The topological polar surface area (TPSA) is 62.1 Å². The molecule has 0 radical (unpaired) electrons. The van der Waals surface area contributed by atoms with E-state index in [-0.39, 0.29) is 11.9 Å². The highest BCUT2D eigenvalue weighted by molar-refractivity contribution is 5.66. The lowest BCUT2D eigenvalue weighted by Crippen LogP contribution is -2.14. The summed E-state index contributed by atoms with van der Waals surface area (Å²) in [6.07, 6.45) is -2.24. The van der Waals surface area contributed by atoms with Crippen LogP contribution in [0.4, 0.5) is 13.2 Å². The van der Waals surface area contributed by atoms with Crippen molar-refractivity contribution in [1.29, 1.82) is 0 Å². The maximum absolute atomic E-state index is 13.3. The van der Waals surface area contributed by atoms with Gasteiger partial charge < -0.3 is 9.47 Å². The molecule has 1 atom stereocenters. The number of fused-ring (bicyclic) bond motifs is 1. The van der Waals surface area contributed by atoms with Gasteiger partial charge in [-0.3, -0.25) is 4.98 Å². The van der Waals surface area contributed by atoms with Crippen molar-refractivity contribution >= 4 is 0 Å². The Bertz CT molecular complexity index is 1100. The molecule has 4 heterocycles. The van der Waals surface area contributed by atoms with Crippen LogP contribution in [0.15, 0.2) is 24.4 Å². The van der Waals surface area contributed by atoms with E-state index in [0.717, 1.165) is 33.9 Å². The molecule has 4 rings (SSSR count). The van der Waals surface area contributed by atoms with Gasteiger partial charge in [-0.15, -0.1) is 0 Å². The largest absolute Gasteiger partial charge is 0.494 e. The smallest absolute Gasteiger partial charge is 0.437 e. The lowest BCUT2D eigenvalue weighted by molar-refractivity contribution is -0.142. The zero-order valence-electron chi connectivity index (χ0n) is 17.7. The summed E-state index contributed by atoms with van der Waals surface area (Å²) in [7, 11) is 1.20. The van der Waals surface area contributed by atoms with E-state index in [1.165, 1.54) is 19.4 Å². The molecule has 0 fully saturated rings. The average molecular weight is 432 g/mol. The molecule has 0 saturated heterocycles. The molecule has 31 heavy (non-hydrogen) atoms. The fraction of sp³-hybridized carbons (Fsp3) is 0.409. The molecule has 0 bridgehead atoms. The van der Waals surface area contributed by atoms with Crippen LogP contribution in [0.2, 0.25) is 0 Å². The van der Waals surface area contributed by atoms with Crippen molar-refractivity contribution in [3.8, 4) is 22.7 Å². The van der Waals surface area contributed by atoms with Crippen molar-refractivity contribution in [1.82, 2.24) is 19.7 Å². The Labute approximate surface area is 178 Å². The van der Waals surface area contributed by atoms with Crippen LogP contribution in [0.25, 0.3) is 16.9 Å². The lowest BCUT2D eigenvalue weighted by Gasteiger charge is -2.14. The van der Waals surface area contributed by atoms with Gasteiger partial charge in [0.15, 0.2) is 11.4 Å². The fourth-order valence-corrected chi connectivity index (χ4v) is 3.99. The third-order valence-electron chi connectivity index (χ3n) is 5.25. The van der Waals surface area contributed by atoms with E-state index >= 15 is 0 Å². The van der Waals surface area contributed by atoms with Gasteiger partial charge in [0.05, 0.1) is 43.1 Å². The van der Waals surface area contributed by atoms with Crippen molar-refractivity contribution in [3.05, 3.63) is 52.7 Å². The minimum Gasteiger partial charge on any atom is -0.494 e. The van der Waals surface area contributed by atoms with Gasteiger partial charge in [0.1, 0.15) is 0 Å². The molecule has 0 spiro atoms. The quantitative estimate of drug-likeness (QED) is 0.611. The minimum absolute atomic E-state index is 0.0465. The molecule has 3 aromatic rings. The lowest BCUT2D eigenvalue weighted by atomic mass is 10.0. The summed E-state index contributed by atoms with van der Waals surface area (Å²) in [6, 6.07) is 5.24.